The Bertz CT molecular complexity index is 437. The number of rotatable bonds is 2. The minimum absolute atomic E-state index is 0.000946. The highest BCUT2D eigenvalue weighted by Crippen LogP contribution is 2.21. The molecule has 1 aliphatic carbocycles. The number of thiophene rings is 1. The first-order valence-corrected chi connectivity index (χ1v) is 6.26. The van der Waals surface area contributed by atoms with Crippen LogP contribution >= 0.6 is 11.3 Å². The first-order valence-electron chi connectivity index (χ1n) is 5.38. The highest BCUT2D eigenvalue weighted by atomic mass is 32.1. The van der Waals surface area contributed by atoms with Crippen LogP contribution in [0, 0.1) is 11.8 Å². The van der Waals surface area contributed by atoms with Crippen molar-refractivity contribution in [1.29, 1.82) is 0 Å². The van der Waals surface area contributed by atoms with E-state index in [4.69, 9.17) is 5.73 Å². The highest BCUT2D eigenvalue weighted by Gasteiger charge is 2.21. The van der Waals surface area contributed by atoms with Gasteiger partial charge in [0.25, 0.3) is 5.91 Å². The first kappa shape index (κ1) is 11.2. The molecule has 1 heterocycles. The van der Waals surface area contributed by atoms with Crippen LogP contribution in [0.3, 0.4) is 0 Å². The third-order valence-corrected chi connectivity index (χ3v) is 3.55. The topological polar surface area (TPSA) is 55.1 Å². The van der Waals surface area contributed by atoms with Gasteiger partial charge in [0, 0.05) is 11.6 Å². The van der Waals surface area contributed by atoms with Crippen LogP contribution < -0.4 is 11.1 Å². The van der Waals surface area contributed by atoms with Crippen molar-refractivity contribution in [3.05, 3.63) is 21.9 Å². The number of nitrogens with two attached hydrogens (primary N) is 1. The van der Waals surface area contributed by atoms with Gasteiger partial charge in [-0.3, -0.25) is 4.79 Å². The van der Waals surface area contributed by atoms with Gasteiger partial charge in [0.15, 0.2) is 0 Å². The summed E-state index contributed by atoms with van der Waals surface area (Å²) in [6, 6.07) is 2.23. The molecule has 0 atom stereocenters. The smallest absolute Gasteiger partial charge is 0.262 e. The molecule has 1 fully saturated rings. The second-order valence-electron chi connectivity index (χ2n) is 3.77. The molecule has 3 nitrogen and oxygen atoms in total. The molecule has 4 heteroatoms. The summed E-state index contributed by atoms with van der Waals surface area (Å²) in [4.78, 5) is 12.6. The van der Waals surface area contributed by atoms with E-state index >= 15 is 0 Å². The summed E-state index contributed by atoms with van der Waals surface area (Å²) in [5.74, 6) is 5.69. The zero-order chi connectivity index (χ0) is 11.4. The summed E-state index contributed by atoms with van der Waals surface area (Å²) < 4.78 is 0. The fourth-order valence-electron chi connectivity index (χ4n) is 1.53. The molecule has 3 N–H and O–H groups in total. The van der Waals surface area contributed by atoms with E-state index in [1.807, 2.05) is 11.4 Å². The summed E-state index contributed by atoms with van der Waals surface area (Å²) >= 11 is 1.43. The summed E-state index contributed by atoms with van der Waals surface area (Å²) in [6.07, 6.45) is 3.41. The van der Waals surface area contributed by atoms with Crippen LogP contribution in [0.2, 0.25) is 0 Å². The van der Waals surface area contributed by atoms with Crippen LogP contribution in [-0.4, -0.2) is 18.5 Å². The van der Waals surface area contributed by atoms with Crippen molar-refractivity contribution in [2.75, 3.05) is 6.54 Å². The number of amides is 1. The van der Waals surface area contributed by atoms with Crippen LogP contribution in [-0.2, 0) is 0 Å². The van der Waals surface area contributed by atoms with Gasteiger partial charge in [0.2, 0.25) is 0 Å². The Hall–Kier alpha value is -1.31. The predicted molar refractivity (Wildman–Crippen MR) is 65.4 cm³/mol. The molecule has 2 rings (SSSR count). The van der Waals surface area contributed by atoms with E-state index in [0.717, 1.165) is 18.4 Å². The standard InChI is InChI=1S/C12H14N2OS/c13-7-2-3-9-6-8-16-11(9)12(15)14-10-4-1-5-10/h6,8,10H,1,4-5,7,13H2,(H,14,15). The van der Waals surface area contributed by atoms with Gasteiger partial charge in [0.1, 0.15) is 4.88 Å². The Morgan fingerprint density at radius 1 is 1.62 bits per heavy atom. The van der Waals surface area contributed by atoms with Crippen molar-refractivity contribution in [1.82, 2.24) is 5.32 Å². The number of nitrogens with one attached hydrogen (secondary N) is 1. The molecule has 0 spiro atoms. The Kier molecular flexibility index (Phi) is 3.60. The lowest BCUT2D eigenvalue weighted by Crippen LogP contribution is -2.39. The third-order valence-electron chi connectivity index (χ3n) is 2.64. The monoisotopic (exact) mass is 234 g/mol. The van der Waals surface area contributed by atoms with E-state index in [1.165, 1.54) is 17.8 Å². The molecule has 1 amide bonds. The second-order valence-corrected chi connectivity index (χ2v) is 4.69. The highest BCUT2D eigenvalue weighted by molar-refractivity contribution is 7.12. The van der Waals surface area contributed by atoms with Crippen LogP contribution in [0.5, 0.6) is 0 Å². The lowest BCUT2D eigenvalue weighted by Gasteiger charge is -2.26. The second kappa shape index (κ2) is 5.15. The van der Waals surface area contributed by atoms with E-state index in [2.05, 4.69) is 17.2 Å². The minimum atomic E-state index is 0.000946. The first-order chi connectivity index (χ1) is 7.81. The van der Waals surface area contributed by atoms with Gasteiger partial charge < -0.3 is 11.1 Å². The van der Waals surface area contributed by atoms with Crippen LogP contribution in [0.15, 0.2) is 11.4 Å². The van der Waals surface area contributed by atoms with Crippen molar-refractivity contribution in [3.63, 3.8) is 0 Å². The van der Waals surface area contributed by atoms with Crippen LogP contribution in [0.25, 0.3) is 0 Å². The summed E-state index contributed by atoms with van der Waals surface area (Å²) in [6.45, 7) is 0.319. The fourth-order valence-corrected chi connectivity index (χ4v) is 2.29. The average Bonchev–Trinajstić information content (AvgIpc) is 2.68. The molecule has 0 bridgehead atoms. The lowest BCUT2D eigenvalue weighted by molar-refractivity contribution is 0.0921. The van der Waals surface area contributed by atoms with E-state index in [9.17, 15) is 4.79 Å². The molecule has 1 aromatic heterocycles. The SMILES string of the molecule is NCC#Cc1ccsc1C(=O)NC1CCC1. The maximum Gasteiger partial charge on any atom is 0.262 e. The van der Waals surface area contributed by atoms with E-state index in [1.54, 1.807) is 0 Å². The molecule has 1 saturated carbocycles. The van der Waals surface area contributed by atoms with Crippen molar-refractivity contribution in [2.45, 2.75) is 25.3 Å². The van der Waals surface area contributed by atoms with E-state index in [-0.39, 0.29) is 5.91 Å². The van der Waals surface area contributed by atoms with E-state index in [0.29, 0.717) is 17.5 Å². The molecule has 1 aromatic rings. The zero-order valence-corrected chi connectivity index (χ0v) is 9.77. The minimum Gasteiger partial charge on any atom is -0.349 e. The lowest BCUT2D eigenvalue weighted by atomic mass is 9.93. The maximum absolute atomic E-state index is 11.9. The summed E-state index contributed by atoms with van der Waals surface area (Å²) in [5.41, 5.74) is 6.10. The van der Waals surface area contributed by atoms with Crippen LogP contribution in [0.4, 0.5) is 0 Å². The molecule has 84 valence electrons. The largest absolute Gasteiger partial charge is 0.349 e. The van der Waals surface area contributed by atoms with Gasteiger partial charge >= 0.3 is 0 Å². The van der Waals surface area contributed by atoms with Crippen LogP contribution in [0.1, 0.15) is 34.5 Å². The summed E-state index contributed by atoms with van der Waals surface area (Å²) in [7, 11) is 0. The normalized spacial score (nSPS) is 14.8. The Labute approximate surface area is 99.0 Å². The van der Waals surface area contributed by atoms with Gasteiger partial charge in [-0.15, -0.1) is 11.3 Å². The van der Waals surface area contributed by atoms with Crippen molar-refractivity contribution in [2.24, 2.45) is 5.73 Å². The molecule has 0 radical (unpaired) electrons. The van der Waals surface area contributed by atoms with Gasteiger partial charge in [-0.25, -0.2) is 0 Å². The van der Waals surface area contributed by atoms with Gasteiger partial charge in [0.05, 0.1) is 6.54 Å². The Morgan fingerprint density at radius 3 is 3.06 bits per heavy atom. The maximum atomic E-state index is 11.9. The number of hydrogen-bond donors (Lipinski definition) is 2. The molecule has 16 heavy (non-hydrogen) atoms. The molecule has 0 aromatic carbocycles. The predicted octanol–water partition coefficient (Wildman–Crippen LogP) is 1.34. The third kappa shape index (κ3) is 2.43. The van der Waals surface area contributed by atoms with E-state index < -0.39 is 0 Å². The van der Waals surface area contributed by atoms with Gasteiger partial charge in [-0.05, 0) is 30.7 Å². The number of hydrogen-bond acceptors (Lipinski definition) is 3. The Morgan fingerprint density at radius 2 is 2.44 bits per heavy atom. The number of carbonyl (C=O) groups is 1. The fraction of sp³-hybridized carbons (Fsp3) is 0.417. The quantitative estimate of drug-likeness (QED) is 0.759. The number of carbonyl (C=O) groups excluding carboxylic acids is 1. The molecular formula is C12H14N2OS. The Balaban J connectivity index is 2.06. The molecule has 0 unspecified atom stereocenters. The average molecular weight is 234 g/mol. The molecule has 0 saturated heterocycles. The van der Waals surface area contributed by atoms with Gasteiger partial charge in [-0.2, -0.15) is 0 Å². The van der Waals surface area contributed by atoms with Crippen molar-refractivity contribution in [3.8, 4) is 11.8 Å². The summed E-state index contributed by atoms with van der Waals surface area (Å²) in [5, 5.41) is 4.89. The molecule has 1 aliphatic rings. The molecule has 0 aliphatic heterocycles. The van der Waals surface area contributed by atoms with Gasteiger partial charge in [-0.1, -0.05) is 11.8 Å². The zero-order valence-electron chi connectivity index (χ0n) is 8.95. The van der Waals surface area contributed by atoms with Crippen molar-refractivity contribution < 1.29 is 4.79 Å². The van der Waals surface area contributed by atoms with Crippen molar-refractivity contribution >= 4 is 17.2 Å². The molecular weight excluding hydrogens is 220 g/mol.